The number of hydrogen-bond donors (Lipinski definition) is 2. The summed E-state index contributed by atoms with van der Waals surface area (Å²) in [5.74, 6) is 1.28. The van der Waals surface area contributed by atoms with Gasteiger partial charge in [-0.15, -0.1) is 0 Å². The van der Waals surface area contributed by atoms with E-state index in [4.69, 9.17) is 9.15 Å². The van der Waals surface area contributed by atoms with Crippen molar-refractivity contribution >= 4 is 11.8 Å². The molecule has 0 unspecified atom stereocenters. The van der Waals surface area contributed by atoms with Gasteiger partial charge in [0.1, 0.15) is 17.3 Å². The summed E-state index contributed by atoms with van der Waals surface area (Å²) in [4.78, 5) is 23.8. The van der Waals surface area contributed by atoms with Gasteiger partial charge in [-0.25, -0.2) is 0 Å². The average molecular weight is 372 g/mol. The molecule has 27 heavy (non-hydrogen) atoms. The molecule has 0 saturated heterocycles. The molecule has 146 valence electrons. The van der Waals surface area contributed by atoms with Crippen LogP contribution < -0.4 is 15.6 Å². The normalized spacial score (nSPS) is 11.1. The summed E-state index contributed by atoms with van der Waals surface area (Å²) >= 11 is 0. The van der Waals surface area contributed by atoms with Crippen LogP contribution >= 0.6 is 0 Å². The first-order valence-electron chi connectivity index (χ1n) is 9.06. The lowest BCUT2D eigenvalue weighted by atomic mass is 9.87. The summed E-state index contributed by atoms with van der Waals surface area (Å²) in [6.45, 7) is 10.4. The summed E-state index contributed by atoms with van der Waals surface area (Å²) in [5.41, 5.74) is 6.56. The molecule has 1 aromatic carbocycles. The van der Waals surface area contributed by atoms with Gasteiger partial charge >= 0.3 is 0 Å². The van der Waals surface area contributed by atoms with Crippen LogP contribution in [0.5, 0.6) is 5.75 Å². The third-order valence-corrected chi connectivity index (χ3v) is 4.14. The van der Waals surface area contributed by atoms with E-state index in [1.54, 1.807) is 19.9 Å². The molecule has 2 aromatic rings. The molecule has 2 rings (SSSR count). The Balaban J connectivity index is 1.67. The smallest absolute Gasteiger partial charge is 0.273 e. The van der Waals surface area contributed by atoms with E-state index < -0.39 is 5.91 Å². The van der Waals surface area contributed by atoms with E-state index >= 15 is 0 Å². The van der Waals surface area contributed by atoms with E-state index in [9.17, 15) is 9.59 Å². The van der Waals surface area contributed by atoms with Crippen molar-refractivity contribution in [2.75, 3.05) is 6.61 Å². The molecule has 2 amide bonds. The number of ether oxygens (including phenoxy) is 1. The van der Waals surface area contributed by atoms with Crippen LogP contribution in [0.3, 0.4) is 0 Å². The number of furan rings is 1. The molecule has 0 saturated carbocycles. The van der Waals surface area contributed by atoms with Crippen molar-refractivity contribution in [1.29, 1.82) is 0 Å². The zero-order valence-corrected chi connectivity index (χ0v) is 16.6. The van der Waals surface area contributed by atoms with Crippen LogP contribution in [0.1, 0.15) is 61.1 Å². The molecular formula is C21H28N2O4. The number of hydrazine groups is 1. The molecule has 2 N–H and O–H groups in total. The highest BCUT2D eigenvalue weighted by molar-refractivity contribution is 5.96. The van der Waals surface area contributed by atoms with Crippen LogP contribution in [0.15, 0.2) is 34.7 Å². The highest BCUT2D eigenvalue weighted by atomic mass is 16.5. The number of nitrogens with one attached hydrogen (secondary N) is 2. The molecule has 1 aromatic heterocycles. The maximum atomic E-state index is 12.0. The zero-order valence-electron chi connectivity index (χ0n) is 16.6. The van der Waals surface area contributed by atoms with Crippen LogP contribution in [0.4, 0.5) is 0 Å². The first kappa shape index (κ1) is 20.6. The molecule has 0 aliphatic rings. The molecule has 0 bridgehead atoms. The topological polar surface area (TPSA) is 80.6 Å². The molecule has 0 radical (unpaired) electrons. The van der Waals surface area contributed by atoms with Gasteiger partial charge in [0, 0.05) is 6.42 Å². The maximum absolute atomic E-state index is 12.0. The average Bonchev–Trinajstić information content (AvgIpc) is 2.94. The van der Waals surface area contributed by atoms with Gasteiger partial charge in [-0.2, -0.15) is 0 Å². The summed E-state index contributed by atoms with van der Waals surface area (Å²) in [6, 6.07) is 9.62. The van der Waals surface area contributed by atoms with E-state index in [1.165, 1.54) is 5.56 Å². The number of carbonyl (C=O) groups is 2. The second kappa shape index (κ2) is 8.75. The number of carbonyl (C=O) groups excluding carboxylic acids is 2. The number of benzene rings is 1. The van der Waals surface area contributed by atoms with Crippen molar-refractivity contribution in [1.82, 2.24) is 10.9 Å². The second-order valence-electron chi connectivity index (χ2n) is 7.56. The van der Waals surface area contributed by atoms with Gasteiger partial charge in [0.05, 0.1) is 12.2 Å². The third kappa shape index (κ3) is 6.16. The van der Waals surface area contributed by atoms with Gasteiger partial charge in [0.25, 0.3) is 5.91 Å². The number of amides is 2. The van der Waals surface area contributed by atoms with Crippen LogP contribution in [-0.2, 0) is 10.2 Å². The van der Waals surface area contributed by atoms with E-state index in [1.807, 2.05) is 12.1 Å². The Bertz CT molecular complexity index is 786. The molecule has 1 heterocycles. The van der Waals surface area contributed by atoms with Crippen molar-refractivity contribution < 1.29 is 18.7 Å². The Labute approximate surface area is 160 Å². The fraction of sp³-hybridized carbons (Fsp3) is 0.429. The van der Waals surface area contributed by atoms with Crippen molar-refractivity contribution in [2.45, 2.75) is 52.9 Å². The molecule has 6 nitrogen and oxygen atoms in total. The Morgan fingerprint density at radius 3 is 2.30 bits per heavy atom. The Morgan fingerprint density at radius 2 is 1.74 bits per heavy atom. The fourth-order valence-electron chi connectivity index (χ4n) is 2.59. The van der Waals surface area contributed by atoms with E-state index in [-0.39, 0.29) is 17.7 Å². The summed E-state index contributed by atoms with van der Waals surface area (Å²) in [5, 5.41) is 0. The highest BCUT2D eigenvalue weighted by Crippen LogP contribution is 2.24. The predicted octanol–water partition coefficient (Wildman–Crippen LogP) is 3.81. The molecule has 0 atom stereocenters. The van der Waals surface area contributed by atoms with Gasteiger partial charge < -0.3 is 9.15 Å². The van der Waals surface area contributed by atoms with Crippen LogP contribution in [0.25, 0.3) is 0 Å². The fourth-order valence-corrected chi connectivity index (χ4v) is 2.59. The molecular weight excluding hydrogens is 344 g/mol. The van der Waals surface area contributed by atoms with E-state index in [0.29, 0.717) is 30.1 Å². The molecule has 0 aliphatic carbocycles. The molecule has 0 fully saturated rings. The van der Waals surface area contributed by atoms with Crippen molar-refractivity contribution in [3.63, 3.8) is 0 Å². The quantitative estimate of drug-likeness (QED) is 0.597. The van der Waals surface area contributed by atoms with Gasteiger partial charge in [0.2, 0.25) is 5.91 Å². The summed E-state index contributed by atoms with van der Waals surface area (Å²) in [6.07, 6.45) is 0.802. The van der Waals surface area contributed by atoms with Crippen LogP contribution in [-0.4, -0.2) is 18.4 Å². The summed E-state index contributed by atoms with van der Waals surface area (Å²) < 4.78 is 11.0. The zero-order chi connectivity index (χ0) is 20.0. The lowest BCUT2D eigenvalue weighted by Crippen LogP contribution is -2.41. The van der Waals surface area contributed by atoms with Gasteiger partial charge in [-0.1, -0.05) is 32.9 Å². The minimum absolute atomic E-state index is 0.106. The molecule has 0 aliphatic heterocycles. The Morgan fingerprint density at radius 1 is 1.07 bits per heavy atom. The van der Waals surface area contributed by atoms with Crippen molar-refractivity contribution in [3.05, 3.63) is 53.0 Å². The number of rotatable bonds is 6. The predicted molar refractivity (Wildman–Crippen MR) is 104 cm³/mol. The minimum atomic E-state index is -0.395. The maximum Gasteiger partial charge on any atom is 0.273 e. The third-order valence-electron chi connectivity index (χ3n) is 4.14. The SMILES string of the molecule is Cc1cc(C(=O)NNC(=O)CCCOc2ccc(C(C)(C)C)cc2)c(C)o1. The first-order chi connectivity index (χ1) is 12.7. The molecule has 6 heteroatoms. The first-order valence-corrected chi connectivity index (χ1v) is 9.06. The minimum Gasteiger partial charge on any atom is -0.494 e. The van der Waals surface area contributed by atoms with Crippen molar-refractivity contribution in [2.24, 2.45) is 0 Å². The largest absolute Gasteiger partial charge is 0.494 e. The number of aryl methyl sites for hydroxylation is 2. The van der Waals surface area contributed by atoms with Gasteiger partial charge in [-0.3, -0.25) is 20.4 Å². The standard InChI is InChI=1S/C21H28N2O4/c1-14-13-18(15(2)27-14)20(25)23-22-19(24)7-6-12-26-17-10-8-16(9-11-17)21(3,4)5/h8-11,13H,6-7,12H2,1-5H3,(H,22,24)(H,23,25). The lowest BCUT2D eigenvalue weighted by Gasteiger charge is -2.19. The molecule has 0 spiro atoms. The van der Waals surface area contributed by atoms with Crippen molar-refractivity contribution in [3.8, 4) is 5.75 Å². The van der Waals surface area contributed by atoms with Crippen LogP contribution in [0, 0.1) is 13.8 Å². The Kier molecular flexibility index (Phi) is 6.66. The monoisotopic (exact) mass is 372 g/mol. The Hall–Kier alpha value is -2.76. The number of hydrogen-bond acceptors (Lipinski definition) is 4. The van der Waals surface area contributed by atoms with E-state index in [2.05, 4.69) is 43.8 Å². The van der Waals surface area contributed by atoms with Gasteiger partial charge in [0.15, 0.2) is 0 Å². The highest BCUT2D eigenvalue weighted by Gasteiger charge is 2.14. The summed E-state index contributed by atoms with van der Waals surface area (Å²) in [7, 11) is 0. The lowest BCUT2D eigenvalue weighted by molar-refractivity contribution is -0.122. The second-order valence-corrected chi connectivity index (χ2v) is 7.56. The van der Waals surface area contributed by atoms with E-state index in [0.717, 1.165) is 5.75 Å². The van der Waals surface area contributed by atoms with Crippen LogP contribution in [0.2, 0.25) is 0 Å². The van der Waals surface area contributed by atoms with Gasteiger partial charge in [-0.05, 0) is 49.4 Å².